The van der Waals surface area contributed by atoms with Gasteiger partial charge in [0.15, 0.2) is 16.4 Å². The summed E-state index contributed by atoms with van der Waals surface area (Å²) >= 11 is 0.644. The lowest BCUT2D eigenvalue weighted by atomic mass is 10.2. The molecule has 4 rings (SSSR count). The first-order valence-corrected chi connectivity index (χ1v) is 13.7. The van der Waals surface area contributed by atoms with Crippen LogP contribution in [-0.2, 0) is 19.7 Å². The van der Waals surface area contributed by atoms with Crippen LogP contribution in [0.2, 0.25) is 0 Å². The van der Waals surface area contributed by atoms with E-state index in [0.717, 1.165) is 22.6 Å². The van der Waals surface area contributed by atoms with Gasteiger partial charge in [-0.25, -0.2) is 0 Å². The van der Waals surface area contributed by atoms with Gasteiger partial charge in [-0.05, 0) is 60.2 Å². The number of hydrogen-bond donors (Lipinski definition) is 1. The van der Waals surface area contributed by atoms with E-state index in [1.165, 1.54) is 43.5 Å². The fourth-order valence-corrected chi connectivity index (χ4v) is 5.61. The summed E-state index contributed by atoms with van der Waals surface area (Å²) in [4.78, 5) is 48.5. The number of carbonyl (C=O) groups excluding carboxylic acids is 3. The topological polar surface area (TPSA) is 162 Å². The van der Waals surface area contributed by atoms with Crippen molar-refractivity contribution in [1.29, 1.82) is 0 Å². The maximum Gasteiger partial charge on any atom is 0.346 e. The SMILES string of the molecule is COc1cc(/C=C2\SC(=O)N(CC(=O)Nc3ccccc3C)C2=O)ccc1OS(=O)(=O)c1ccccc1[N+](=O)[O-]. The molecule has 1 N–H and O–H groups in total. The monoisotopic (exact) mass is 583 g/mol. The summed E-state index contributed by atoms with van der Waals surface area (Å²) in [5.74, 6) is -1.51. The minimum Gasteiger partial charge on any atom is -0.493 e. The Bertz CT molecular complexity index is 1670. The van der Waals surface area contributed by atoms with Gasteiger partial charge in [0.1, 0.15) is 6.54 Å². The summed E-state index contributed by atoms with van der Waals surface area (Å²) in [7, 11) is -3.35. The van der Waals surface area contributed by atoms with Crippen LogP contribution in [0.3, 0.4) is 0 Å². The predicted octanol–water partition coefficient (Wildman–Crippen LogP) is 4.35. The van der Waals surface area contributed by atoms with E-state index in [2.05, 4.69) is 5.32 Å². The molecule has 0 bridgehead atoms. The molecule has 1 aliphatic heterocycles. The Morgan fingerprint density at radius 1 is 1.07 bits per heavy atom. The van der Waals surface area contributed by atoms with Crippen LogP contribution in [-0.4, -0.2) is 48.9 Å². The van der Waals surface area contributed by atoms with Crippen molar-refractivity contribution in [1.82, 2.24) is 4.90 Å². The molecular weight excluding hydrogens is 562 g/mol. The summed E-state index contributed by atoms with van der Waals surface area (Å²) in [6.45, 7) is 1.33. The fourth-order valence-electron chi connectivity index (χ4n) is 3.66. The van der Waals surface area contributed by atoms with Gasteiger partial charge < -0.3 is 14.2 Å². The Morgan fingerprint density at radius 3 is 2.48 bits per heavy atom. The van der Waals surface area contributed by atoms with Crippen LogP contribution in [0.5, 0.6) is 11.5 Å². The first kappa shape index (κ1) is 28.3. The summed E-state index contributed by atoms with van der Waals surface area (Å²) < 4.78 is 35.9. The molecule has 40 heavy (non-hydrogen) atoms. The summed E-state index contributed by atoms with van der Waals surface area (Å²) in [5.41, 5.74) is 1.10. The summed E-state index contributed by atoms with van der Waals surface area (Å²) in [5, 5.41) is 13.3. The number of carbonyl (C=O) groups is 3. The molecule has 1 heterocycles. The average molecular weight is 584 g/mol. The van der Waals surface area contributed by atoms with Gasteiger partial charge in [0, 0.05) is 11.8 Å². The van der Waals surface area contributed by atoms with Crippen molar-refractivity contribution in [2.45, 2.75) is 11.8 Å². The number of nitro benzene ring substituents is 1. The number of benzene rings is 3. The van der Waals surface area contributed by atoms with Crippen molar-refractivity contribution in [2.24, 2.45) is 0 Å². The lowest BCUT2D eigenvalue weighted by Crippen LogP contribution is -2.36. The second-order valence-corrected chi connectivity index (χ2v) is 10.8. The highest BCUT2D eigenvalue weighted by Crippen LogP contribution is 2.36. The highest BCUT2D eigenvalue weighted by Gasteiger charge is 2.36. The third kappa shape index (κ3) is 6.13. The third-order valence-electron chi connectivity index (χ3n) is 5.61. The lowest BCUT2D eigenvalue weighted by molar-refractivity contribution is -0.387. The number of hydrogen-bond acceptors (Lipinski definition) is 10. The second-order valence-electron chi connectivity index (χ2n) is 8.30. The van der Waals surface area contributed by atoms with Crippen molar-refractivity contribution in [3.63, 3.8) is 0 Å². The number of nitro groups is 1. The van der Waals surface area contributed by atoms with Crippen LogP contribution in [0.4, 0.5) is 16.2 Å². The van der Waals surface area contributed by atoms with E-state index in [-0.39, 0.29) is 16.4 Å². The zero-order chi connectivity index (χ0) is 29.0. The highest BCUT2D eigenvalue weighted by atomic mass is 32.2. The van der Waals surface area contributed by atoms with Gasteiger partial charge in [-0.15, -0.1) is 0 Å². The summed E-state index contributed by atoms with van der Waals surface area (Å²) in [6.07, 6.45) is 1.38. The number of methoxy groups -OCH3 is 1. The number of aryl methyl sites for hydroxylation is 1. The number of nitrogens with zero attached hydrogens (tertiary/aromatic N) is 2. The molecule has 12 nitrogen and oxygen atoms in total. The first-order valence-electron chi connectivity index (χ1n) is 11.5. The van der Waals surface area contributed by atoms with Crippen molar-refractivity contribution in [3.05, 3.63) is 92.9 Å². The number of thioether (sulfide) groups is 1. The molecule has 0 aliphatic carbocycles. The predicted molar refractivity (Wildman–Crippen MR) is 146 cm³/mol. The van der Waals surface area contributed by atoms with E-state index in [1.807, 2.05) is 19.1 Å². The Kier molecular flexibility index (Phi) is 8.21. The number of imide groups is 1. The number of para-hydroxylation sites is 2. The largest absolute Gasteiger partial charge is 0.493 e. The van der Waals surface area contributed by atoms with E-state index in [0.29, 0.717) is 23.0 Å². The normalized spacial score (nSPS) is 14.3. The maximum absolute atomic E-state index is 12.9. The van der Waals surface area contributed by atoms with Crippen LogP contribution >= 0.6 is 11.8 Å². The Labute approximate surface area is 232 Å². The summed E-state index contributed by atoms with van der Waals surface area (Å²) in [6, 6.07) is 15.8. The molecule has 0 atom stereocenters. The van der Waals surface area contributed by atoms with Crippen molar-refractivity contribution >= 4 is 56.4 Å². The Balaban J connectivity index is 1.52. The van der Waals surface area contributed by atoms with Crippen LogP contribution in [0.15, 0.2) is 76.5 Å². The number of amides is 3. The molecule has 0 spiro atoms. The highest BCUT2D eigenvalue weighted by molar-refractivity contribution is 8.18. The standard InChI is InChI=1S/C26H21N3O9S2/c1-16-7-3-4-8-18(16)27-24(30)15-28-25(31)22(39-26(28)32)14-17-11-12-20(21(13-17)37-2)38-40(35,36)23-10-6-5-9-19(23)29(33)34/h3-14H,15H2,1-2H3,(H,27,30)/b22-14-. The van der Waals surface area contributed by atoms with Gasteiger partial charge in [-0.2, -0.15) is 8.42 Å². The molecule has 0 saturated carbocycles. The maximum atomic E-state index is 12.9. The average Bonchev–Trinajstić information content (AvgIpc) is 3.17. The first-order chi connectivity index (χ1) is 19.0. The van der Waals surface area contributed by atoms with Crippen molar-refractivity contribution in [3.8, 4) is 11.5 Å². The van der Waals surface area contributed by atoms with Crippen LogP contribution < -0.4 is 14.2 Å². The third-order valence-corrected chi connectivity index (χ3v) is 7.80. The number of anilines is 1. The quantitative estimate of drug-likeness (QED) is 0.166. The molecule has 1 fully saturated rings. The molecule has 3 aromatic carbocycles. The van der Waals surface area contributed by atoms with E-state index in [1.54, 1.807) is 12.1 Å². The van der Waals surface area contributed by atoms with Gasteiger partial charge in [-0.1, -0.05) is 36.4 Å². The van der Waals surface area contributed by atoms with Crippen molar-refractivity contribution in [2.75, 3.05) is 19.0 Å². The molecule has 1 saturated heterocycles. The second kappa shape index (κ2) is 11.6. The van der Waals surface area contributed by atoms with Crippen molar-refractivity contribution < 1.29 is 36.6 Å². The van der Waals surface area contributed by atoms with Gasteiger partial charge >= 0.3 is 10.1 Å². The van der Waals surface area contributed by atoms with Gasteiger partial charge in [0.2, 0.25) is 5.91 Å². The molecule has 3 aromatic rings. The molecular formula is C26H21N3O9S2. The van der Waals surface area contributed by atoms with Crippen LogP contribution in [0, 0.1) is 17.0 Å². The van der Waals surface area contributed by atoms with E-state index >= 15 is 0 Å². The minimum atomic E-state index is -4.60. The molecule has 206 valence electrons. The number of rotatable bonds is 9. The Morgan fingerprint density at radius 2 is 1.77 bits per heavy atom. The van der Waals surface area contributed by atoms with Gasteiger partial charge in [0.05, 0.1) is 16.9 Å². The molecule has 14 heteroatoms. The molecule has 0 unspecified atom stereocenters. The van der Waals surface area contributed by atoms with E-state index in [9.17, 15) is 32.9 Å². The van der Waals surface area contributed by atoms with E-state index < -0.39 is 49.2 Å². The van der Waals surface area contributed by atoms with Gasteiger partial charge in [-0.3, -0.25) is 29.4 Å². The van der Waals surface area contributed by atoms with E-state index in [4.69, 9.17) is 8.92 Å². The Hall–Kier alpha value is -4.69. The van der Waals surface area contributed by atoms with Gasteiger partial charge in [0.25, 0.3) is 16.8 Å². The van der Waals surface area contributed by atoms with Crippen LogP contribution in [0.25, 0.3) is 6.08 Å². The zero-order valence-electron chi connectivity index (χ0n) is 21.0. The number of ether oxygens (including phenoxy) is 1. The minimum absolute atomic E-state index is 0.0388. The zero-order valence-corrected chi connectivity index (χ0v) is 22.7. The molecule has 3 amide bonds. The smallest absolute Gasteiger partial charge is 0.346 e. The number of nitrogens with one attached hydrogen (secondary N) is 1. The lowest BCUT2D eigenvalue weighted by Gasteiger charge is -2.13. The van der Waals surface area contributed by atoms with Crippen LogP contribution in [0.1, 0.15) is 11.1 Å². The molecule has 1 aliphatic rings. The molecule has 0 radical (unpaired) electrons. The fraction of sp³-hybridized carbons (Fsp3) is 0.115. The molecule has 0 aromatic heterocycles.